The third-order valence-corrected chi connectivity index (χ3v) is 4.84. The summed E-state index contributed by atoms with van der Waals surface area (Å²) in [5.74, 6) is 1.49. The number of hydrogen-bond acceptors (Lipinski definition) is 4. The summed E-state index contributed by atoms with van der Waals surface area (Å²) >= 11 is 0. The lowest BCUT2D eigenvalue weighted by molar-refractivity contribution is -0.133. The summed E-state index contributed by atoms with van der Waals surface area (Å²) < 4.78 is 0. The van der Waals surface area contributed by atoms with Crippen LogP contribution < -0.4 is 5.56 Å². The number of nitrogens with one attached hydrogen (secondary N) is 1. The summed E-state index contributed by atoms with van der Waals surface area (Å²) in [6.07, 6.45) is 7.18. The van der Waals surface area contributed by atoms with E-state index in [2.05, 4.69) is 15.0 Å². The Bertz CT molecular complexity index is 790. The normalized spacial score (nSPS) is 18.6. The molecule has 0 spiro atoms. The maximum atomic E-state index is 12.1. The first kappa shape index (κ1) is 15.1. The summed E-state index contributed by atoms with van der Waals surface area (Å²) in [5.41, 5.74) is 1.35. The van der Waals surface area contributed by atoms with E-state index in [4.69, 9.17) is 0 Å². The van der Waals surface area contributed by atoms with Crippen LogP contribution in [-0.4, -0.2) is 38.8 Å². The van der Waals surface area contributed by atoms with Gasteiger partial charge in [0.05, 0.1) is 5.69 Å². The second-order valence-electron chi connectivity index (χ2n) is 6.63. The molecule has 6 nitrogen and oxygen atoms in total. The number of rotatable bonds is 3. The highest BCUT2D eigenvalue weighted by Crippen LogP contribution is 2.33. The van der Waals surface area contributed by atoms with Crippen LogP contribution in [0, 0.1) is 5.92 Å². The molecule has 1 aliphatic heterocycles. The molecule has 0 atom stereocenters. The molecule has 1 N–H and O–H groups in total. The Morgan fingerprint density at radius 3 is 2.67 bits per heavy atom. The summed E-state index contributed by atoms with van der Waals surface area (Å²) in [7, 11) is 0. The van der Waals surface area contributed by atoms with E-state index in [1.54, 1.807) is 12.4 Å². The zero-order valence-corrected chi connectivity index (χ0v) is 13.4. The lowest BCUT2D eigenvalue weighted by Crippen LogP contribution is -2.39. The van der Waals surface area contributed by atoms with Gasteiger partial charge in [-0.15, -0.1) is 0 Å². The van der Waals surface area contributed by atoms with E-state index < -0.39 is 0 Å². The first-order valence-corrected chi connectivity index (χ1v) is 8.51. The minimum absolute atomic E-state index is 0.143. The fourth-order valence-electron chi connectivity index (χ4n) is 3.29. The SMILES string of the molecule is O=C(C1CC1)N1CCC(c2nc(-c3cccnc3)cc(=O)[nH]2)CC1. The van der Waals surface area contributed by atoms with Gasteiger partial charge in [-0.1, -0.05) is 0 Å². The van der Waals surface area contributed by atoms with Crippen molar-refractivity contribution >= 4 is 5.91 Å². The first-order chi connectivity index (χ1) is 11.7. The molecule has 4 rings (SSSR count). The van der Waals surface area contributed by atoms with Crippen LogP contribution in [0.5, 0.6) is 0 Å². The molecule has 0 aromatic carbocycles. The minimum atomic E-state index is -0.143. The van der Waals surface area contributed by atoms with Gasteiger partial charge in [-0.3, -0.25) is 14.6 Å². The first-order valence-electron chi connectivity index (χ1n) is 8.51. The predicted octanol–water partition coefficient (Wildman–Crippen LogP) is 1.95. The van der Waals surface area contributed by atoms with E-state index in [0.29, 0.717) is 11.6 Å². The van der Waals surface area contributed by atoms with Crippen LogP contribution in [0.1, 0.15) is 37.4 Å². The molecule has 0 unspecified atom stereocenters. The van der Waals surface area contributed by atoms with Gasteiger partial charge < -0.3 is 9.88 Å². The number of pyridine rings is 1. The van der Waals surface area contributed by atoms with E-state index in [-0.39, 0.29) is 17.4 Å². The summed E-state index contributed by atoms with van der Waals surface area (Å²) in [6, 6.07) is 5.24. The number of aromatic nitrogens is 3. The molecule has 2 aromatic rings. The van der Waals surface area contributed by atoms with Crippen molar-refractivity contribution in [3.8, 4) is 11.3 Å². The minimum Gasteiger partial charge on any atom is -0.342 e. The molecule has 2 aliphatic rings. The molecule has 2 aromatic heterocycles. The molecule has 0 bridgehead atoms. The summed E-state index contributed by atoms with van der Waals surface area (Å²) in [4.78, 5) is 37.7. The van der Waals surface area contributed by atoms with Crippen LogP contribution in [0.2, 0.25) is 0 Å². The maximum absolute atomic E-state index is 12.1. The zero-order valence-electron chi connectivity index (χ0n) is 13.4. The summed E-state index contributed by atoms with van der Waals surface area (Å²) in [5, 5.41) is 0. The van der Waals surface area contributed by atoms with Crippen LogP contribution in [-0.2, 0) is 4.79 Å². The average Bonchev–Trinajstić information content (AvgIpc) is 3.47. The second-order valence-corrected chi connectivity index (χ2v) is 6.63. The van der Waals surface area contributed by atoms with E-state index >= 15 is 0 Å². The third-order valence-electron chi connectivity index (χ3n) is 4.84. The smallest absolute Gasteiger partial charge is 0.251 e. The molecule has 124 valence electrons. The fourth-order valence-corrected chi connectivity index (χ4v) is 3.29. The van der Waals surface area contributed by atoms with Gasteiger partial charge >= 0.3 is 0 Å². The van der Waals surface area contributed by atoms with Gasteiger partial charge in [-0.2, -0.15) is 0 Å². The molecule has 24 heavy (non-hydrogen) atoms. The third kappa shape index (κ3) is 3.09. The monoisotopic (exact) mass is 324 g/mol. The number of aromatic amines is 1. The Hall–Kier alpha value is -2.50. The lowest BCUT2D eigenvalue weighted by Gasteiger charge is -2.31. The molecule has 0 radical (unpaired) electrons. The lowest BCUT2D eigenvalue weighted by atomic mass is 9.95. The van der Waals surface area contributed by atoms with Crippen LogP contribution in [0.4, 0.5) is 0 Å². The average molecular weight is 324 g/mol. The van der Waals surface area contributed by atoms with Gasteiger partial charge in [0, 0.05) is 48.9 Å². The summed E-state index contributed by atoms with van der Waals surface area (Å²) in [6.45, 7) is 1.50. The van der Waals surface area contributed by atoms with Gasteiger partial charge in [-0.25, -0.2) is 4.98 Å². The topological polar surface area (TPSA) is 79.0 Å². The molecule has 3 heterocycles. The van der Waals surface area contributed by atoms with Gasteiger partial charge in [0.15, 0.2) is 0 Å². The van der Waals surface area contributed by atoms with Crippen LogP contribution in [0.25, 0.3) is 11.3 Å². The highest BCUT2D eigenvalue weighted by molar-refractivity contribution is 5.81. The number of piperidine rings is 1. The van der Waals surface area contributed by atoms with Gasteiger partial charge in [0.2, 0.25) is 5.91 Å². The van der Waals surface area contributed by atoms with Crippen molar-refractivity contribution in [2.45, 2.75) is 31.6 Å². The quantitative estimate of drug-likeness (QED) is 0.936. The Morgan fingerprint density at radius 2 is 2.00 bits per heavy atom. The second kappa shape index (κ2) is 6.19. The van der Waals surface area contributed by atoms with Crippen molar-refractivity contribution in [3.05, 3.63) is 46.8 Å². The van der Waals surface area contributed by atoms with Crippen molar-refractivity contribution in [2.24, 2.45) is 5.92 Å². The van der Waals surface area contributed by atoms with Crippen LogP contribution in [0.15, 0.2) is 35.4 Å². The molecule has 1 aliphatic carbocycles. The standard InChI is InChI=1S/C18H20N4O2/c23-16-10-15(14-2-1-7-19-11-14)20-17(21-16)12-5-8-22(9-6-12)18(24)13-3-4-13/h1-2,7,10-13H,3-6,8-9H2,(H,20,21,23). The Balaban J connectivity index is 1.51. The molecular weight excluding hydrogens is 304 g/mol. The van der Waals surface area contributed by atoms with Crippen molar-refractivity contribution in [3.63, 3.8) is 0 Å². The van der Waals surface area contributed by atoms with E-state index in [1.165, 1.54) is 6.07 Å². The van der Waals surface area contributed by atoms with Crippen molar-refractivity contribution in [1.82, 2.24) is 19.9 Å². The number of carbonyl (C=O) groups is 1. The highest BCUT2D eigenvalue weighted by atomic mass is 16.2. The van der Waals surface area contributed by atoms with E-state index in [1.807, 2.05) is 17.0 Å². The molecule has 1 amide bonds. The number of H-pyrrole nitrogens is 1. The fraction of sp³-hybridized carbons (Fsp3) is 0.444. The van der Waals surface area contributed by atoms with E-state index in [9.17, 15) is 9.59 Å². The Kier molecular flexibility index (Phi) is 3.88. The largest absolute Gasteiger partial charge is 0.342 e. The highest BCUT2D eigenvalue weighted by Gasteiger charge is 2.35. The number of carbonyl (C=O) groups excluding carboxylic acids is 1. The molecule has 2 fully saturated rings. The zero-order chi connectivity index (χ0) is 16.5. The molecule has 1 saturated carbocycles. The van der Waals surface area contributed by atoms with Crippen LogP contribution >= 0.6 is 0 Å². The van der Waals surface area contributed by atoms with Gasteiger partial charge in [-0.05, 0) is 37.8 Å². The van der Waals surface area contributed by atoms with Crippen molar-refractivity contribution in [2.75, 3.05) is 13.1 Å². The molecule has 1 saturated heterocycles. The predicted molar refractivity (Wildman–Crippen MR) is 89.4 cm³/mol. The Labute approximate surface area is 140 Å². The van der Waals surface area contributed by atoms with Gasteiger partial charge in [0.25, 0.3) is 5.56 Å². The van der Waals surface area contributed by atoms with Crippen LogP contribution in [0.3, 0.4) is 0 Å². The van der Waals surface area contributed by atoms with Crippen molar-refractivity contribution in [1.29, 1.82) is 0 Å². The number of hydrogen-bond donors (Lipinski definition) is 1. The van der Waals surface area contributed by atoms with Gasteiger partial charge in [0.1, 0.15) is 5.82 Å². The number of nitrogens with zero attached hydrogens (tertiary/aromatic N) is 3. The van der Waals surface area contributed by atoms with Crippen molar-refractivity contribution < 1.29 is 4.79 Å². The maximum Gasteiger partial charge on any atom is 0.251 e. The Morgan fingerprint density at radius 1 is 1.21 bits per heavy atom. The molecular formula is C18H20N4O2. The number of amides is 1. The van der Waals surface area contributed by atoms with E-state index in [0.717, 1.165) is 50.2 Å². The number of likely N-dealkylation sites (tertiary alicyclic amines) is 1. The molecule has 6 heteroatoms.